The topological polar surface area (TPSA) is 86.8 Å². The number of anilines is 1. The fourth-order valence-electron chi connectivity index (χ4n) is 4.27. The van der Waals surface area contributed by atoms with Gasteiger partial charge < -0.3 is 10.2 Å². The largest absolute Gasteiger partial charge is 0.355 e. The molecule has 0 saturated carbocycles. The maximum atomic E-state index is 13.7. The number of hydrogen-bond donors (Lipinski definition) is 1. The molecule has 3 rings (SSSR count). The van der Waals surface area contributed by atoms with Crippen LogP contribution in [0.25, 0.3) is 0 Å². The normalized spacial score (nSPS) is 12.0. The van der Waals surface area contributed by atoms with Crippen molar-refractivity contribution in [1.82, 2.24) is 10.2 Å². The first-order valence-electron chi connectivity index (χ1n) is 12.7. The summed E-state index contributed by atoms with van der Waals surface area (Å²) in [6.07, 6.45) is 1.60. The lowest BCUT2D eigenvalue weighted by Crippen LogP contribution is -2.50. The average Bonchev–Trinajstić information content (AvgIpc) is 2.89. The second kappa shape index (κ2) is 14.1. The highest BCUT2D eigenvalue weighted by Crippen LogP contribution is 2.23. The van der Waals surface area contributed by atoms with Gasteiger partial charge in [0, 0.05) is 37.5 Å². The molecule has 3 aromatic carbocycles. The third kappa shape index (κ3) is 9.07. The molecule has 0 aliphatic heterocycles. The van der Waals surface area contributed by atoms with Gasteiger partial charge >= 0.3 is 0 Å². The van der Waals surface area contributed by atoms with Crippen LogP contribution in [-0.4, -0.2) is 50.5 Å². The highest BCUT2D eigenvalue weighted by Gasteiger charge is 2.30. The van der Waals surface area contributed by atoms with Crippen LogP contribution in [0.15, 0.2) is 78.9 Å². The maximum Gasteiger partial charge on any atom is 0.243 e. The predicted octanol–water partition coefficient (Wildman–Crippen LogP) is 4.80. The second-order valence-electron chi connectivity index (χ2n) is 9.17. The molecule has 0 bridgehead atoms. The molecule has 0 aliphatic rings. The molecule has 0 heterocycles. The lowest BCUT2D eigenvalue weighted by atomic mass is 10.0. The highest BCUT2D eigenvalue weighted by molar-refractivity contribution is 7.92. The van der Waals surface area contributed by atoms with Gasteiger partial charge in [-0.15, -0.1) is 0 Å². The SMILES string of the molecule is CCNC(=O)[C@H](Cc1ccccc1)N(Cc1ccc(F)cc1)C(=O)CCCN(c1cccc(Cl)c1)S(C)(=O)=O. The van der Waals surface area contributed by atoms with E-state index in [-0.39, 0.29) is 44.2 Å². The Morgan fingerprint density at radius 1 is 0.974 bits per heavy atom. The summed E-state index contributed by atoms with van der Waals surface area (Å²) in [6, 6.07) is 20.9. The van der Waals surface area contributed by atoms with Gasteiger partial charge in [0.05, 0.1) is 11.9 Å². The van der Waals surface area contributed by atoms with E-state index in [4.69, 9.17) is 11.6 Å². The first kappa shape index (κ1) is 30.1. The summed E-state index contributed by atoms with van der Waals surface area (Å²) in [5.74, 6) is -1.01. The van der Waals surface area contributed by atoms with Gasteiger partial charge in [-0.1, -0.05) is 60.1 Å². The number of nitrogens with zero attached hydrogens (tertiary/aromatic N) is 2. The van der Waals surface area contributed by atoms with Gasteiger partial charge in [0.15, 0.2) is 0 Å². The zero-order chi connectivity index (χ0) is 28.4. The minimum absolute atomic E-state index is 0.00151. The first-order chi connectivity index (χ1) is 18.6. The highest BCUT2D eigenvalue weighted by atomic mass is 35.5. The van der Waals surface area contributed by atoms with E-state index in [0.29, 0.717) is 22.8 Å². The van der Waals surface area contributed by atoms with Gasteiger partial charge in [0.2, 0.25) is 21.8 Å². The Bertz CT molecular complexity index is 1350. The van der Waals surface area contributed by atoms with Crippen LogP contribution in [0.3, 0.4) is 0 Å². The Morgan fingerprint density at radius 3 is 2.28 bits per heavy atom. The predicted molar refractivity (Wildman–Crippen MR) is 152 cm³/mol. The summed E-state index contributed by atoms with van der Waals surface area (Å²) in [5, 5.41) is 3.22. The molecule has 0 fully saturated rings. The molecule has 0 unspecified atom stereocenters. The smallest absolute Gasteiger partial charge is 0.243 e. The molecular formula is C29H33ClFN3O4S. The van der Waals surface area contributed by atoms with Crippen LogP contribution < -0.4 is 9.62 Å². The van der Waals surface area contributed by atoms with Crippen LogP contribution in [0, 0.1) is 5.82 Å². The fourth-order valence-corrected chi connectivity index (χ4v) is 5.41. The van der Waals surface area contributed by atoms with E-state index in [2.05, 4.69) is 5.32 Å². The number of hydrogen-bond acceptors (Lipinski definition) is 4. The van der Waals surface area contributed by atoms with Crippen molar-refractivity contribution in [2.24, 2.45) is 0 Å². The molecule has 208 valence electrons. The number of rotatable bonds is 13. The zero-order valence-electron chi connectivity index (χ0n) is 22.0. The maximum absolute atomic E-state index is 13.7. The van der Waals surface area contributed by atoms with E-state index in [1.807, 2.05) is 30.3 Å². The van der Waals surface area contributed by atoms with Crippen molar-refractivity contribution >= 4 is 39.1 Å². The Labute approximate surface area is 234 Å². The van der Waals surface area contributed by atoms with Gasteiger partial charge in [-0.05, 0) is 54.8 Å². The average molecular weight is 574 g/mol. The summed E-state index contributed by atoms with van der Waals surface area (Å²) >= 11 is 6.06. The molecule has 1 atom stereocenters. The molecule has 10 heteroatoms. The van der Waals surface area contributed by atoms with Gasteiger partial charge in [-0.3, -0.25) is 13.9 Å². The number of likely N-dealkylation sites (N-methyl/N-ethyl adjacent to an activating group) is 1. The van der Waals surface area contributed by atoms with Crippen molar-refractivity contribution in [1.29, 1.82) is 0 Å². The van der Waals surface area contributed by atoms with Crippen LogP contribution in [-0.2, 0) is 32.6 Å². The third-order valence-corrected chi connectivity index (χ3v) is 7.57. The van der Waals surface area contributed by atoms with Gasteiger partial charge in [0.25, 0.3) is 0 Å². The number of benzene rings is 3. The van der Waals surface area contributed by atoms with Gasteiger partial charge in [0.1, 0.15) is 11.9 Å². The van der Waals surface area contributed by atoms with E-state index in [9.17, 15) is 22.4 Å². The quantitative estimate of drug-likeness (QED) is 0.318. The molecule has 0 saturated heterocycles. The van der Waals surface area contributed by atoms with Crippen molar-refractivity contribution < 1.29 is 22.4 Å². The van der Waals surface area contributed by atoms with Crippen LogP contribution in [0.1, 0.15) is 30.9 Å². The van der Waals surface area contributed by atoms with Crippen LogP contribution in [0.5, 0.6) is 0 Å². The summed E-state index contributed by atoms with van der Waals surface area (Å²) in [5.41, 5.74) is 1.96. The molecule has 7 nitrogen and oxygen atoms in total. The fraction of sp³-hybridized carbons (Fsp3) is 0.310. The number of amides is 2. The Morgan fingerprint density at radius 2 is 1.67 bits per heavy atom. The van der Waals surface area contributed by atoms with Crippen LogP contribution in [0.2, 0.25) is 5.02 Å². The van der Waals surface area contributed by atoms with Crippen molar-refractivity contribution in [2.45, 2.75) is 38.8 Å². The summed E-state index contributed by atoms with van der Waals surface area (Å²) in [6.45, 7) is 2.35. The molecule has 39 heavy (non-hydrogen) atoms. The summed E-state index contributed by atoms with van der Waals surface area (Å²) in [4.78, 5) is 28.4. The molecule has 2 amide bonds. The lowest BCUT2D eigenvalue weighted by Gasteiger charge is -2.32. The number of carbonyl (C=O) groups is 2. The van der Waals surface area contributed by atoms with Crippen molar-refractivity contribution in [3.63, 3.8) is 0 Å². The third-order valence-electron chi connectivity index (χ3n) is 6.14. The molecule has 3 aromatic rings. The lowest BCUT2D eigenvalue weighted by molar-refractivity contribution is -0.141. The Hall–Kier alpha value is -3.43. The standard InChI is InChI=1S/C29H33ClFN3O4S/c1-3-32-29(36)27(19-22-9-5-4-6-10-22)33(21-23-14-16-25(31)17-15-23)28(35)13-8-18-34(39(2,37)38)26-12-7-11-24(30)20-26/h4-7,9-12,14-17,20,27H,3,8,13,18-19,21H2,1-2H3,(H,32,36)/t27-/m0/s1. The minimum atomic E-state index is -3.63. The minimum Gasteiger partial charge on any atom is -0.355 e. The van der Waals surface area contributed by atoms with E-state index in [1.165, 1.54) is 21.3 Å². The molecule has 0 aromatic heterocycles. The first-order valence-corrected chi connectivity index (χ1v) is 14.9. The monoisotopic (exact) mass is 573 g/mol. The zero-order valence-corrected chi connectivity index (χ0v) is 23.6. The van der Waals surface area contributed by atoms with Gasteiger partial charge in [-0.2, -0.15) is 0 Å². The van der Waals surface area contributed by atoms with Gasteiger partial charge in [-0.25, -0.2) is 12.8 Å². The van der Waals surface area contributed by atoms with E-state index < -0.39 is 21.9 Å². The number of carbonyl (C=O) groups excluding carboxylic acids is 2. The molecule has 0 radical (unpaired) electrons. The Kier molecular flexibility index (Phi) is 10.9. The molecule has 0 spiro atoms. The van der Waals surface area contributed by atoms with E-state index in [1.54, 1.807) is 43.3 Å². The van der Waals surface area contributed by atoms with Crippen molar-refractivity contribution in [3.8, 4) is 0 Å². The molecule has 1 N–H and O–H groups in total. The van der Waals surface area contributed by atoms with E-state index in [0.717, 1.165) is 11.8 Å². The van der Waals surface area contributed by atoms with Crippen LogP contribution in [0.4, 0.5) is 10.1 Å². The number of halogens is 2. The Balaban J connectivity index is 1.85. The molecular weight excluding hydrogens is 541 g/mol. The van der Waals surface area contributed by atoms with E-state index >= 15 is 0 Å². The van der Waals surface area contributed by atoms with Crippen molar-refractivity contribution in [2.75, 3.05) is 23.7 Å². The summed E-state index contributed by atoms with van der Waals surface area (Å²) < 4.78 is 39.8. The second-order valence-corrected chi connectivity index (χ2v) is 11.5. The van der Waals surface area contributed by atoms with Crippen molar-refractivity contribution in [3.05, 3.63) is 101 Å². The van der Waals surface area contributed by atoms with Crippen LogP contribution >= 0.6 is 11.6 Å². The molecule has 0 aliphatic carbocycles. The number of nitrogens with one attached hydrogen (secondary N) is 1. The number of sulfonamides is 1. The summed E-state index contributed by atoms with van der Waals surface area (Å²) in [7, 11) is -3.63.